The fraction of sp³-hybridized carbons (Fsp3) is 0.500. The first-order valence-electron chi connectivity index (χ1n) is 8.43. The third kappa shape index (κ3) is 6.45. The van der Waals surface area contributed by atoms with Gasteiger partial charge in [0.2, 0.25) is 0 Å². The summed E-state index contributed by atoms with van der Waals surface area (Å²) in [5, 5.41) is 17.3. The van der Waals surface area contributed by atoms with Crippen LogP contribution in [-0.2, 0) is 4.79 Å². The zero-order valence-corrected chi connectivity index (χ0v) is 15.2. The molecule has 1 aromatic carbocycles. The van der Waals surface area contributed by atoms with Crippen molar-refractivity contribution in [2.75, 3.05) is 5.32 Å². The van der Waals surface area contributed by atoms with Gasteiger partial charge in [0.15, 0.2) is 0 Å². The molecular formula is C18H27N3O4. The van der Waals surface area contributed by atoms with Crippen LogP contribution in [0, 0.1) is 0 Å². The number of carbonyl (C=O) groups is 3. The van der Waals surface area contributed by atoms with E-state index in [0.29, 0.717) is 24.1 Å². The summed E-state index contributed by atoms with van der Waals surface area (Å²) in [6.45, 7) is 7.43. The Hall–Kier alpha value is -2.57. The molecule has 0 heterocycles. The number of nitrogens with one attached hydrogen (secondary N) is 3. The number of anilines is 1. The van der Waals surface area contributed by atoms with Gasteiger partial charge in [-0.1, -0.05) is 13.8 Å². The second-order valence-corrected chi connectivity index (χ2v) is 6.34. The predicted octanol–water partition coefficient (Wildman–Crippen LogP) is 2.98. The maximum absolute atomic E-state index is 12.4. The number of carboxylic acid groups (broad SMARTS) is 1. The number of hydrogen-bond acceptors (Lipinski definition) is 3. The van der Waals surface area contributed by atoms with Gasteiger partial charge in [0.1, 0.15) is 0 Å². The number of carboxylic acids is 1. The molecule has 7 heteroatoms. The van der Waals surface area contributed by atoms with Crippen LogP contribution in [0.3, 0.4) is 0 Å². The lowest BCUT2D eigenvalue weighted by atomic mass is 9.88. The number of urea groups is 1. The van der Waals surface area contributed by atoms with E-state index in [-0.39, 0.29) is 24.4 Å². The number of amides is 3. The summed E-state index contributed by atoms with van der Waals surface area (Å²) in [6, 6.07) is 6.16. The third-order valence-corrected chi connectivity index (χ3v) is 4.05. The van der Waals surface area contributed by atoms with Crippen LogP contribution in [0.1, 0.15) is 57.3 Å². The van der Waals surface area contributed by atoms with Gasteiger partial charge in [-0.25, -0.2) is 4.79 Å². The first-order valence-corrected chi connectivity index (χ1v) is 8.43. The number of carbonyl (C=O) groups excluding carboxylic acids is 2. The van der Waals surface area contributed by atoms with Crippen LogP contribution in [0.5, 0.6) is 0 Å². The molecule has 1 aromatic rings. The van der Waals surface area contributed by atoms with E-state index in [9.17, 15) is 14.4 Å². The summed E-state index contributed by atoms with van der Waals surface area (Å²) in [5.74, 6) is -1.28. The molecule has 0 unspecified atom stereocenters. The largest absolute Gasteiger partial charge is 0.481 e. The maximum Gasteiger partial charge on any atom is 0.319 e. The Balaban J connectivity index is 2.79. The summed E-state index contributed by atoms with van der Waals surface area (Å²) in [4.78, 5) is 35.2. The summed E-state index contributed by atoms with van der Waals surface area (Å²) in [5.41, 5.74) is 0.209. The quantitative estimate of drug-likeness (QED) is 0.578. The van der Waals surface area contributed by atoms with Crippen LogP contribution in [0.25, 0.3) is 0 Å². The average Bonchev–Trinajstić information content (AvgIpc) is 2.53. The van der Waals surface area contributed by atoms with Crippen LogP contribution in [-0.4, -0.2) is 34.6 Å². The second kappa shape index (κ2) is 9.05. The lowest BCUT2D eigenvalue weighted by Crippen LogP contribution is -2.49. The van der Waals surface area contributed by atoms with Crippen LogP contribution in [0.15, 0.2) is 24.3 Å². The Morgan fingerprint density at radius 2 is 1.64 bits per heavy atom. The lowest BCUT2D eigenvalue weighted by molar-refractivity contribution is -0.138. The highest BCUT2D eigenvalue weighted by Crippen LogP contribution is 2.21. The molecule has 0 spiro atoms. The van der Waals surface area contributed by atoms with Gasteiger partial charge in [0.05, 0.1) is 12.0 Å². The number of hydrogen-bond donors (Lipinski definition) is 4. The Bertz CT molecular complexity index is 607. The molecule has 1 rings (SSSR count). The highest BCUT2D eigenvalue weighted by atomic mass is 16.4. The number of benzene rings is 1. The molecule has 25 heavy (non-hydrogen) atoms. The summed E-state index contributed by atoms with van der Waals surface area (Å²) in [7, 11) is 0. The second-order valence-electron chi connectivity index (χ2n) is 6.34. The monoisotopic (exact) mass is 349 g/mol. The lowest BCUT2D eigenvalue weighted by Gasteiger charge is -2.31. The molecule has 0 saturated heterocycles. The maximum atomic E-state index is 12.4. The number of rotatable bonds is 8. The van der Waals surface area contributed by atoms with E-state index in [4.69, 9.17) is 5.11 Å². The number of aliphatic carboxylic acids is 1. The van der Waals surface area contributed by atoms with Crippen molar-refractivity contribution in [3.05, 3.63) is 29.8 Å². The average molecular weight is 349 g/mol. The van der Waals surface area contributed by atoms with Crippen molar-refractivity contribution < 1.29 is 19.5 Å². The van der Waals surface area contributed by atoms with Crippen molar-refractivity contribution in [1.29, 1.82) is 0 Å². The Kier molecular flexibility index (Phi) is 7.42. The molecule has 0 atom stereocenters. The van der Waals surface area contributed by atoms with Gasteiger partial charge >= 0.3 is 12.0 Å². The van der Waals surface area contributed by atoms with E-state index in [0.717, 1.165) is 0 Å². The van der Waals surface area contributed by atoms with Gasteiger partial charge in [0.25, 0.3) is 5.91 Å². The van der Waals surface area contributed by atoms with Crippen molar-refractivity contribution in [2.24, 2.45) is 0 Å². The van der Waals surface area contributed by atoms with E-state index < -0.39 is 11.5 Å². The van der Waals surface area contributed by atoms with Crippen molar-refractivity contribution >= 4 is 23.6 Å². The fourth-order valence-electron chi connectivity index (χ4n) is 2.46. The van der Waals surface area contributed by atoms with E-state index in [1.165, 1.54) is 0 Å². The van der Waals surface area contributed by atoms with Gasteiger partial charge in [-0.05, 0) is 51.0 Å². The summed E-state index contributed by atoms with van der Waals surface area (Å²) in [6.07, 6.45) is 0.924. The Morgan fingerprint density at radius 3 is 2.08 bits per heavy atom. The highest BCUT2D eigenvalue weighted by Gasteiger charge is 2.31. The van der Waals surface area contributed by atoms with Gasteiger partial charge in [-0.3, -0.25) is 9.59 Å². The molecule has 4 N–H and O–H groups in total. The van der Waals surface area contributed by atoms with Crippen molar-refractivity contribution in [3.63, 3.8) is 0 Å². The smallest absolute Gasteiger partial charge is 0.319 e. The van der Waals surface area contributed by atoms with Crippen LogP contribution in [0.4, 0.5) is 10.5 Å². The van der Waals surface area contributed by atoms with Gasteiger partial charge in [-0.15, -0.1) is 0 Å². The minimum atomic E-state index is -0.945. The minimum Gasteiger partial charge on any atom is -0.481 e. The van der Waals surface area contributed by atoms with E-state index in [2.05, 4.69) is 16.0 Å². The van der Waals surface area contributed by atoms with Crippen LogP contribution < -0.4 is 16.0 Å². The first-order chi connectivity index (χ1) is 11.7. The molecule has 0 saturated carbocycles. The highest BCUT2D eigenvalue weighted by molar-refractivity contribution is 5.96. The van der Waals surface area contributed by atoms with E-state index in [1.807, 2.05) is 27.7 Å². The normalized spacial score (nSPS) is 11.1. The Morgan fingerprint density at radius 1 is 1.08 bits per heavy atom. The molecule has 0 fully saturated rings. The summed E-state index contributed by atoms with van der Waals surface area (Å²) < 4.78 is 0. The molecule has 3 amide bonds. The topological polar surface area (TPSA) is 108 Å². The molecule has 0 aliphatic rings. The molecular weight excluding hydrogens is 322 g/mol. The predicted molar refractivity (Wildman–Crippen MR) is 96.8 cm³/mol. The molecule has 0 radical (unpaired) electrons. The molecule has 7 nitrogen and oxygen atoms in total. The fourth-order valence-corrected chi connectivity index (χ4v) is 2.46. The molecule has 138 valence electrons. The molecule has 0 bridgehead atoms. The zero-order valence-electron chi connectivity index (χ0n) is 15.2. The van der Waals surface area contributed by atoms with Gasteiger partial charge in [-0.2, -0.15) is 0 Å². The van der Waals surface area contributed by atoms with Gasteiger partial charge < -0.3 is 21.1 Å². The minimum absolute atomic E-state index is 0.0236. The van der Waals surface area contributed by atoms with Crippen molar-refractivity contribution in [2.45, 2.75) is 58.5 Å². The van der Waals surface area contributed by atoms with Crippen molar-refractivity contribution in [1.82, 2.24) is 10.6 Å². The van der Waals surface area contributed by atoms with E-state index in [1.54, 1.807) is 24.3 Å². The molecule has 0 aliphatic carbocycles. The molecule has 0 aromatic heterocycles. The summed E-state index contributed by atoms with van der Waals surface area (Å²) >= 11 is 0. The van der Waals surface area contributed by atoms with Crippen molar-refractivity contribution in [3.8, 4) is 0 Å². The van der Waals surface area contributed by atoms with Crippen LogP contribution >= 0.6 is 0 Å². The van der Waals surface area contributed by atoms with E-state index >= 15 is 0 Å². The van der Waals surface area contributed by atoms with Crippen LogP contribution in [0.2, 0.25) is 0 Å². The molecule has 0 aliphatic heterocycles. The SMILES string of the molecule is CCC(CC)(CC(=O)O)NC(=O)c1ccc(NC(=O)NC(C)C)cc1. The zero-order chi connectivity index (χ0) is 19.0. The standard InChI is InChI=1S/C18H27N3O4/c1-5-18(6-2,11-15(22)23)21-16(24)13-7-9-14(10-8-13)20-17(25)19-12(3)4/h7-10,12H,5-6,11H2,1-4H3,(H,21,24)(H,22,23)(H2,19,20,25). The van der Waals surface area contributed by atoms with Gasteiger partial charge in [0, 0.05) is 17.3 Å². The first kappa shape index (κ1) is 20.5. The Labute approximate surface area is 148 Å². The third-order valence-electron chi connectivity index (χ3n) is 4.05.